The summed E-state index contributed by atoms with van der Waals surface area (Å²) in [6, 6.07) is 25.0. The van der Waals surface area contributed by atoms with Crippen LogP contribution in [0, 0.1) is 6.92 Å². The maximum atomic E-state index is 13.5. The van der Waals surface area contributed by atoms with E-state index in [1.54, 1.807) is 11.8 Å². The molecule has 3 atom stereocenters. The highest BCUT2D eigenvalue weighted by Gasteiger charge is 2.33. The number of carbonyl (C=O) groups excluding carboxylic acids is 1. The van der Waals surface area contributed by atoms with Gasteiger partial charge >= 0.3 is 5.97 Å². The van der Waals surface area contributed by atoms with E-state index in [1.807, 2.05) is 30.5 Å². The average molecular weight is 559 g/mol. The van der Waals surface area contributed by atoms with Gasteiger partial charge in [0.2, 0.25) is 0 Å². The predicted molar refractivity (Wildman–Crippen MR) is 166 cm³/mol. The minimum atomic E-state index is -1.00. The van der Waals surface area contributed by atoms with Crippen molar-refractivity contribution in [2.75, 3.05) is 12.0 Å². The first-order valence-electron chi connectivity index (χ1n) is 14.4. The fourth-order valence-corrected chi connectivity index (χ4v) is 6.42. The molecule has 40 heavy (non-hydrogen) atoms. The van der Waals surface area contributed by atoms with Gasteiger partial charge in [0.15, 0.2) is 0 Å². The lowest BCUT2D eigenvalue weighted by atomic mass is 9.93. The number of carbonyl (C=O) groups is 2. The fourth-order valence-electron chi connectivity index (χ4n) is 5.95. The molecule has 5 nitrogen and oxygen atoms in total. The molecule has 2 N–H and O–H groups in total. The zero-order chi connectivity index (χ0) is 28.5. The smallest absolute Gasteiger partial charge is 0.326 e. The number of hydrogen-bond acceptors (Lipinski definition) is 4. The standard InChI is InChI=1S/C34H42N2O3S/c1-4-10-27-16-17-28(21-25-12-6-5-7-13-25)36(27)23-26-15-18-30(31(22-26)29-14-9-8-11-24(29)2)33(37)35-32(34(38)39)19-20-40-3/h5-9,11-15,18,22,27-28,32H,4,10,16-17,19-21,23H2,1-3H3,(H,35,37)(H,38,39)/t27?,28-,32?/m0/s1. The number of hydrogen-bond donors (Lipinski definition) is 2. The van der Waals surface area contributed by atoms with Gasteiger partial charge < -0.3 is 10.4 Å². The van der Waals surface area contributed by atoms with Crippen LogP contribution in [-0.4, -0.2) is 52.0 Å². The largest absolute Gasteiger partial charge is 0.480 e. The number of carboxylic acids is 1. The van der Waals surface area contributed by atoms with E-state index in [2.05, 4.69) is 72.6 Å². The molecule has 1 aliphatic rings. The molecule has 212 valence electrons. The normalized spacial score (nSPS) is 18.0. The van der Waals surface area contributed by atoms with Crippen LogP contribution in [-0.2, 0) is 17.8 Å². The lowest BCUT2D eigenvalue weighted by molar-refractivity contribution is -0.139. The SMILES string of the molecule is CCCC1CC[C@@H](Cc2ccccc2)N1Cc1ccc(C(=O)NC(CCSC)C(=O)O)c(-c2ccccc2C)c1. The zero-order valence-electron chi connectivity index (χ0n) is 23.9. The number of nitrogens with zero attached hydrogens (tertiary/aromatic N) is 1. The molecule has 0 radical (unpaired) electrons. The molecule has 3 aromatic carbocycles. The Kier molecular flexibility index (Phi) is 10.8. The van der Waals surface area contributed by atoms with Crippen LogP contribution >= 0.6 is 11.8 Å². The van der Waals surface area contributed by atoms with E-state index >= 15 is 0 Å². The van der Waals surface area contributed by atoms with Crippen molar-refractivity contribution in [3.05, 3.63) is 95.1 Å². The summed E-state index contributed by atoms with van der Waals surface area (Å²) in [6.45, 7) is 5.14. The number of amides is 1. The number of likely N-dealkylation sites (tertiary alicyclic amines) is 1. The molecule has 1 amide bonds. The van der Waals surface area contributed by atoms with Crippen LogP contribution in [0.25, 0.3) is 11.1 Å². The minimum Gasteiger partial charge on any atom is -0.480 e. The summed E-state index contributed by atoms with van der Waals surface area (Å²) in [6.07, 6.45) is 8.11. The summed E-state index contributed by atoms with van der Waals surface area (Å²) in [5.41, 5.74) is 5.99. The molecule has 2 unspecified atom stereocenters. The van der Waals surface area contributed by atoms with Gasteiger partial charge in [0.1, 0.15) is 6.04 Å². The molecule has 1 saturated heterocycles. The molecule has 1 aliphatic heterocycles. The van der Waals surface area contributed by atoms with Crippen molar-refractivity contribution in [3.63, 3.8) is 0 Å². The van der Waals surface area contributed by atoms with Gasteiger partial charge in [-0.25, -0.2) is 4.79 Å². The van der Waals surface area contributed by atoms with Crippen LogP contribution in [0.15, 0.2) is 72.8 Å². The number of carboxylic acid groups (broad SMARTS) is 1. The number of thioether (sulfide) groups is 1. The lowest BCUT2D eigenvalue weighted by Crippen LogP contribution is -2.41. The maximum absolute atomic E-state index is 13.5. The second-order valence-electron chi connectivity index (χ2n) is 10.9. The first-order valence-corrected chi connectivity index (χ1v) is 15.8. The predicted octanol–water partition coefficient (Wildman–Crippen LogP) is 6.97. The minimum absolute atomic E-state index is 0.342. The Morgan fingerprint density at radius 1 is 0.975 bits per heavy atom. The highest BCUT2D eigenvalue weighted by atomic mass is 32.2. The Morgan fingerprint density at radius 2 is 1.70 bits per heavy atom. The summed E-state index contributed by atoms with van der Waals surface area (Å²) >= 11 is 1.57. The van der Waals surface area contributed by atoms with Crippen molar-refractivity contribution in [1.29, 1.82) is 0 Å². The van der Waals surface area contributed by atoms with Gasteiger partial charge in [-0.2, -0.15) is 11.8 Å². The van der Waals surface area contributed by atoms with Crippen LogP contribution < -0.4 is 5.32 Å². The third-order valence-electron chi connectivity index (χ3n) is 8.05. The molecule has 4 rings (SSSR count). The van der Waals surface area contributed by atoms with Gasteiger partial charge in [-0.05, 0) is 91.0 Å². The van der Waals surface area contributed by atoms with Gasteiger partial charge in [-0.3, -0.25) is 9.69 Å². The van der Waals surface area contributed by atoms with E-state index < -0.39 is 12.0 Å². The Bertz CT molecular complexity index is 1280. The van der Waals surface area contributed by atoms with E-state index in [4.69, 9.17) is 0 Å². The molecule has 0 aromatic heterocycles. The molecule has 0 bridgehead atoms. The second-order valence-corrected chi connectivity index (χ2v) is 11.9. The van der Waals surface area contributed by atoms with Gasteiger partial charge in [0, 0.05) is 24.2 Å². The van der Waals surface area contributed by atoms with E-state index in [-0.39, 0.29) is 5.91 Å². The van der Waals surface area contributed by atoms with Crippen molar-refractivity contribution < 1.29 is 14.7 Å². The lowest BCUT2D eigenvalue weighted by Gasteiger charge is -2.31. The number of rotatable bonds is 13. The topological polar surface area (TPSA) is 69.6 Å². The average Bonchev–Trinajstić information content (AvgIpc) is 3.32. The van der Waals surface area contributed by atoms with Crippen molar-refractivity contribution in [2.45, 2.75) is 77.0 Å². The third kappa shape index (κ3) is 7.55. The highest BCUT2D eigenvalue weighted by molar-refractivity contribution is 7.98. The quantitative estimate of drug-likeness (QED) is 0.237. The van der Waals surface area contributed by atoms with Crippen LogP contribution in [0.3, 0.4) is 0 Å². The first-order chi connectivity index (χ1) is 19.4. The summed E-state index contributed by atoms with van der Waals surface area (Å²) in [4.78, 5) is 28.0. The van der Waals surface area contributed by atoms with Crippen molar-refractivity contribution in [1.82, 2.24) is 10.2 Å². The monoisotopic (exact) mass is 558 g/mol. The van der Waals surface area contributed by atoms with Crippen molar-refractivity contribution >= 4 is 23.6 Å². The van der Waals surface area contributed by atoms with Gasteiger partial charge in [-0.15, -0.1) is 0 Å². The first kappa shape index (κ1) is 29.9. The molecule has 3 aromatic rings. The molecule has 6 heteroatoms. The highest BCUT2D eigenvalue weighted by Crippen LogP contribution is 2.33. The molecule has 0 spiro atoms. The van der Waals surface area contributed by atoms with Gasteiger partial charge in [0.25, 0.3) is 5.91 Å². The summed E-state index contributed by atoms with van der Waals surface area (Å²) in [7, 11) is 0. The molecular weight excluding hydrogens is 516 g/mol. The Morgan fingerprint density at radius 3 is 2.40 bits per heavy atom. The number of benzene rings is 3. The molecule has 0 aliphatic carbocycles. The Balaban J connectivity index is 1.65. The van der Waals surface area contributed by atoms with E-state index in [0.717, 1.165) is 36.1 Å². The zero-order valence-corrected chi connectivity index (χ0v) is 24.8. The second kappa shape index (κ2) is 14.5. The summed E-state index contributed by atoms with van der Waals surface area (Å²) < 4.78 is 0. The van der Waals surface area contributed by atoms with E-state index in [1.165, 1.54) is 30.4 Å². The molecule has 1 heterocycles. The third-order valence-corrected chi connectivity index (χ3v) is 8.69. The van der Waals surface area contributed by atoms with Gasteiger partial charge in [0.05, 0.1) is 0 Å². The Hall–Kier alpha value is -3.09. The molecule has 1 fully saturated rings. The van der Waals surface area contributed by atoms with Crippen LogP contribution in [0.1, 0.15) is 66.1 Å². The van der Waals surface area contributed by atoms with E-state index in [0.29, 0.717) is 29.8 Å². The van der Waals surface area contributed by atoms with Gasteiger partial charge in [-0.1, -0.05) is 74.0 Å². The van der Waals surface area contributed by atoms with E-state index in [9.17, 15) is 14.7 Å². The van der Waals surface area contributed by atoms with Crippen molar-refractivity contribution in [3.8, 4) is 11.1 Å². The van der Waals surface area contributed by atoms with Crippen molar-refractivity contribution in [2.24, 2.45) is 0 Å². The van der Waals surface area contributed by atoms with Crippen LogP contribution in [0.4, 0.5) is 0 Å². The molecule has 0 saturated carbocycles. The van der Waals surface area contributed by atoms with Crippen LogP contribution in [0.2, 0.25) is 0 Å². The van der Waals surface area contributed by atoms with Crippen LogP contribution in [0.5, 0.6) is 0 Å². The maximum Gasteiger partial charge on any atom is 0.326 e. The number of nitrogens with one attached hydrogen (secondary N) is 1. The number of aliphatic carboxylic acids is 1. The summed E-state index contributed by atoms with van der Waals surface area (Å²) in [5.74, 6) is -0.679. The number of aryl methyl sites for hydroxylation is 1. The summed E-state index contributed by atoms with van der Waals surface area (Å²) in [5, 5.41) is 12.5. The molecular formula is C34H42N2O3S. The fraction of sp³-hybridized carbons (Fsp3) is 0.412. The Labute approximate surface area is 243 Å².